The predicted molar refractivity (Wildman–Crippen MR) is 94.7 cm³/mol. The largest absolute Gasteiger partial charge is 0.443 e. The summed E-state index contributed by atoms with van der Waals surface area (Å²) in [6.45, 7) is 5.42. The average molecular weight is 352 g/mol. The Morgan fingerprint density at radius 1 is 1.21 bits per heavy atom. The molecule has 132 valence electrons. The highest BCUT2D eigenvalue weighted by Gasteiger charge is 2.21. The van der Waals surface area contributed by atoms with E-state index in [0.717, 1.165) is 10.9 Å². The molecule has 0 unspecified atom stereocenters. The number of aromatic nitrogens is 1. The highest BCUT2D eigenvalue weighted by Crippen LogP contribution is 2.23. The van der Waals surface area contributed by atoms with Crippen molar-refractivity contribution in [2.45, 2.75) is 32.8 Å². The second-order valence-electron chi connectivity index (χ2n) is 6.87. The van der Waals surface area contributed by atoms with Crippen molar-refractivity contribution in [3.63, 3.8) is 0 Å². The second kappa shape index (κ2) is 6.57. The van der Waals surface area contributed by atoms with Crippen LogP contribution in [0.25, 0.3) is 10.9 Å². The average Bonchev–Trinajstić information content (AvgIpc) is 2.82. The van der Waals surface area contributed by atoms with Crippen LogP contribution in [0.4, 0.5) is 4.79 Å². The minimum Gasteiger partial charge on any atom is -0.443 e. The molecule has 0 saturated heterocycles. The van der Waals surface area contributed by atoms with Crippen LogP contribution in [-0.2, 0) is 21.2 Å². The SMILES string of the molecule is CN(C)S(=O)(=O)CCc1cn(C(=O)OC(C)(C)C)c2ccccc12. The third kappa shape index (κ3) is 4.15. The number of ether oxygens (including phenoxy) is 1. The Morgan fingerprint density at radius 3 is 2.42 bits per heavy atom. The first-order valence-electron chi connectivity index (χ1n) is 7.74. The normalized spacial score (nSPS) is 12.8. The zero-order valence-corrected chi connectivity index (χ0v) is 15.6. The van der Waals surface area contributed by atoms with E-state index in [4.69, 9.17) is 4.74 Å². The van der Waals surface area contributed by atoms with Crippen LogP contribution in [0.2, 0.25) is 0 Å². The number of hydrogen-bond acceptors (Lipinski definition) is 4. The van der Waals surface area contributed by atoms with Gasteiger partial charge in [0, 0.05) is 25.7 Å². The molecule has 0 aliphatic rings. The second-order valence-corrected chi connectivity index (χ2v) is 9.17. The van der Waals surface area contributed by atoms with E-state index in [2.05, 4.69) is 0 Å². The zero-order valence-electron chi connectivity index (χ0n) is 14.7. The first-order valence-corrected chi connectivity index (χ1v) is 9.35. The summed E-state index contributed by atoms with van der Waals surface area (Å²) in [6, 6.07) is 7.41. The summed E-state index contributed by atoms with van der Waals surface area (Å²) in [6.07, 6.45) is 1.53. The molecular weight excluding hydrogens is 328 g/mol. The Labute approximate surface area is 143 Å². The molecular formula is C17H24N2O4S. The molecule has 24 heavy (non-hydrogen) atoms. The molecule has 0 bridgehead atoms. The van der Waals surface area contributed by atoms with Gasteiger partial charge in [-0.3, -0.25) is 4.57 Å². The smallest absolute Gasteiger partial charge is 0.419 e. The molecule has 0 aliphatic carbocycles. The van der Waals surface area contributed by atoms with Gasteiger partial charge < -0.3 is 4.74 Å². The molecule has 0 saturated carbocycles. The molecule has 0 fully saturated rings. The van der Waals surface area contributed by atoms with Gasteiger partial charge in [-0.1, -0.05) is 18.2 Å². The number of carbonyl (C=O) groups is 1. The van der Waals surface area contributed by atoms with E-state index in [-0.39, 0.29) is 5.75 Å². The van der Waals surface area contributed by atoms with Gasteiger partial charge in [0.05, 0.1) is 11.3 Å². The summed E-state index contributed by atoms with van der Waals surface area (Å²) >= 11 is 0. The van der Waals surface area contributed by atoms with Crippen LogP contribution in [0.5, 0.6) is 0 Å². The molecule has 0 N–H and O–H groups in total. The summed E-state index contributed by atoms with van der Waals surface area (Å²) in [5.41, 5.74) is 0.919. The van der Waals surface area contributed by atoms with Crippen molar-refractivity contribution in [1.82, 2.24) is 8.87 Å². The van der Waals surface area contributed by atoms with Gasteiger partial charge in [-0.15, -0.1) is 0 Å². The molecule has 1 heterocycles. The van der Waals surface area contributed by atoms with Crippen molar-refractivity contribution in [3.05, 3.63) is 36.0 Å². The van der Waals surface area contributed by atoms with E-state index < -0.39 is 21.7 Å². The number of para-hydroxylation sites is 1. The fraction of sp³-hybridized carbons (Fsp3) is 0.471. The van der Waals surface area contributed by atoms with E-state index in [0.29, 0.717) is 11.9 Å². The molecule has 0 aliphatic heterocycles. The fourth-order valence-corrected chi connectivity index (χ4v) is 3.18. The van der Waals surface area contributed by atoms with Crippen molar-refractivity contribution >= 4 is 27.0 Å². The minimum absolute atomic E-state index is 0.0116. The molecule has 2 rings (SSSR count). The van der Waals surface area contributed by atoms with Crippen molar-refractivity contribution < 1.29 is 17.9 Å². The van der Waals surface area contributed by atoms with Crippen LogP contribution < -0.4 is 0 Å². The van der Waals surface area contributed by atoms with Crippen molar-refractivity contribution in [2.75, 3.05) is 19.8 Å². The molecule has 6 nitrogen and oxygen atoms in total. The number of sulfonamides is 1. The van der Waals surface area contributed by atoms with Crippen molar-refractivity contribution in [1.29, 1.82) is 0 Å². The Bertz CT molecular complexity index is 845. The number of fused-ring (bicyclic) bond motifs is 1. The van der Waals surface area contributed by atoms with E-state index in [1.165, 1.54) is 23.0 Å². The quantitative estimate of drug-likeness (QED) is 0.848. The van der Waals surface area contributed by atoms with Crippen LogP contribution in [0.3, 0.4) is 0 Å². The molecule has 0 radical (unpaired) electrons. The zero-order chi connectivity index (χ0) is 18.1. The van der Waals surface area contributed by atoms with Gasteiger partial charge in [-0.05, 0) is 38.8 Å². The van der Waals surface area contributed by atoms with E-state index in [1.807, 2.05) is 24.3 Å². The third-order valence-electron chi connectivity index (χ3n) is 3.57. The summed E-state index contributed by atoms with van der Waals surface area (Å²) in [5.74, 6) is -0.0116. The molecule has 7 heteroatoms. The maximum atomic E-state index is 12.4. The lowest BCUT2D eigenvalue weighted by Crippen LogP contribution is -2.27. The molecule has 1 aromatic carbocycles. The number of nitrogens with zero attached hydrogens (tertiary/aromatic N) is 2. The number of rotatable bonds is 4. The maximum absolute atomic E-state index is 12.4. The van der Waals surface area contributed by atoms with Gasteiger partial charge >= 0.3 is 6.09 Å². The van der Waals surface area contributed by atoms with Crippen LogP contribution in [-0.4, -0.2) is 48.8 Å². The van der Waals surface area contributed by atoms with Gasteiger partial charge in [0.1, 0.15) is 5.60 Å². The fourth-order valence-electron chi connectivity index (χ4n) is 2.33. The van der Waals surface area contributed by atoms with E-state index >= 15 is 0 Å². The van der Waals surface area contributed by atoms with Gasteiger partial charge in [-0.2, -0.15) is 0 Å². The van der Waals surface area contributed by atoms with Gasteiger partial charge in [0.25, 0.3) is 0 Å². The first-order chi connectivity index (χ1) is 11.0. The Morgan fingerprint density at radius 2 is 1.83 bits per heavy atom. The highest BCUT2D eigenvalue weighted by molar-refractivity contribution is 7.89. The molecule has 1 aromatic heterocycles. The van der Waals surface area contributed by atoms with Crippen LogP contribution in [0.1, 0.15) is 26.3 Å². The maximum Gasteiger partial charge on any atom is 0.419 e. The third-order valence-corrected chi connectivity index (χ3v) is 5.40. The van der Waals surface area contributed by atoms with Crippen molar-refractivity contribution in [3.8, 4) is 0 Å². The highest BCUT2D eigenvalue weighted by atomic mass is 32.2. The Kier molecular flexibility index (Phi) is 5.05. The minimum atomic E-state index is -3.30. The van der Waals surface area contributed by atoms with Gasteiger partial charge in [0.2, 0.25) is 10.0 Å². The molecule has 0 amide bonds. The van der Waals surface area contributed by atoms with E-state index in [9.17, 15) is 13.2 Å². The lowest BCUT2D eigenvalue weighted by Gasteiger charge is -2.19. The number of aryl methyl sites for hydroxylation is 1. The van der Waals surface area contributed by atoms with Crippen LogP contribution in [0.15, 0.2) is 30.5 Å². The lowest BCUT2D eigenvalue weighted by atomic mass is 10.1. The first kappa shape index (κ1) is 18.5. The Balaban J connectivity index is 2.37. The summed E-state index contributed by atoms with van der Waals surface area (Å²) < 4.78 is 32.1. The number of carbonyl (C=O) groups excluding carboxylic acids is 1. The van der Waals surface area contributed by atoms with Gasteiger partial charge in [-0.25, -0.2) is 17.5 Å². The predicted octanol–water partition coefficient (Wildman–Crippen LogP) is 2.86. The standard InChI is InChI=1S/C17H24N2O4S/c1-17(2,3)23-16(20)19-12-13(10-11-24(21,22)18(4)5)14-8-6-7-9-15(14)19/h6-9,12H,10-11H2,1-5H3. The topological polar surface area (TPSA) is 68.6 Å². The Hall–Kier alpha value is -1.86. The molecule has 0 atom stereocenters. The number of hydrogen-bond donors (Lipinski definition) is 0. The summed E-state index contributed by atoms with van der Waals surface area (Å²) in [4.78, 5) is 12.4. The molecule has 0 spiro atoms. The summed E-state index contributed by atoms with van der Waals surface area (Å²) in [5, 5.41) is 0.859. The van der Waals surface area contributed by atoms with Crippen molar-refractivity contribution in [2.24, 2.45) is 0 Å². The van der Waals surface area contributed by atoms with Crippen LogP contribution >= 0.6 is 0 Å². The molecule has 2 aromatic rings. The summed E-state index contributed by atoms with van der Waals surface area (Å²) in [7, 11) is -0.271. The van der Waals surface area contributed by atoms with Crippen LogP contribution in [0, 0.1) is 0 Å². The van der Waals surface area contributed by atoms with E-state index in [1.54, 1.807) is 27.0 Å². The lowest BCUT2D eigenvalue weighted by molar-refractivity contribution is 0.0544. The monoisotopic (exact) mass is 352 g/mol. The van der Waals surface area contributed by atoms with Gasteiger partial charge in [0.15, 0.2) is 0 Å². The number of benzene rings is 1.